The van der Waals surface area contributed by atoms with Crippen LogP contribution in [-0.4, -0.2) is 22.3 Å². The standard InChI is InChI=1S/C9H5BrF2N2O2S/c1-16-9(15)7-6(11)2-5(10)4-3-13-14(17-12)8(4)7/h2-3H,1H3. The number of hydrogen-bond donors (Lipinski definition) is 0. The van der Waals surface area contributed by atoms with Gasteiger partial charge in [-0.1, -0.05) is 0 Å². The SMILES string of the molecule is COC(=O)c1c(F)cc(Br)c2cnn(SF)c12. The first-order valence-corrected chi connectivity index (χ1v) is 5.80. The van der Waals surface area contributed by atoms with E-state index in [1.807, 2.05) is 0 Å². The second-order valence-electron chi connectivity index (χ2n) is 3.06. The topological polar surface area (TPSA) is 44.1 Å². The van der Waals surface area contributed by atoms with Crippen LogP contribution in [0.15, 0.2) is 16.7 Å². The quantitative estimate of drug-likeness (QED) is 0.797. The van der Waals surface area contributed by atoms with E-state index in [1.165, 1.54) is 6.20 Å². The highest BCUT2D eigenvalue weighted by Gasteiger charge is 2.22. The lowest BCUT2D eigenvalue weighted by Crippen LogP contribution is -2.07. The summed E-state index contributed by atoms with van der Waals surface area (Å²) in [6.07, 6.45) is 1.33. The predicted octanol–water partition coefficient (Wildman–Crippen LogP) is 3.11. The molecule has 8 heteroatoms. The Kier molecular flexibility index (Phi) is 3.34. The highest BCUT2D eigenvalue weighted by molar-refractivity contribution is 9.10. The third-order valence-electron chi connectivity index (χ3n) is 2.18. The second kappa shape index (κ2) is 4.61. The lowest BCUT2D eigenvalue weighted by Gasteiger charge is -2.05. The maximum atomic E-state index is 13.7. The van der Waals surface area contributed by atoms with Crippen LogP contribution in [0.4, 0.5) is 8.28 Å². The van der Waals surface area contributed by atoms with Crippen molar-refractivity contribution in [2.45, 2.75) is 0 Å². The van der Waals surface area contributed by atoms with Crippen LogP contribution in [0.5, 0.6) is 0 Å². The van der Waals surface area contributed by atoms with Gasteiger partial charge in [0, 0.05) is 9.86 Å². The zero-order valence-corrected chi connectivity index (χ0v) is 10.8. The molecule has 2 rings (SSSR count). The van der Waals surface area contributed by atoms with Crippen LogP contribution in [0.3, 0.4) is 0 Å². The van der Waals surface area contributed by atoms with Crippen LogP contribution in [0.2, 0.25) is 0 Å². The number of fused-ring (bicyclic) bond motifs is 1. The fourth-order valence-electron chi connectivity index (χ4n) is 1.46. The molecule has 1 heterocycles. The summed E-state index contributed by atoms with van der Waals surface area (Å²) in [5, 5.41) is 4.12. The number of aromatic nitrogens is 2. The molecule has 0 aliphatic rings. The van der Waals surface area contributed by atoms with Crippen LogP contribution in [0.1, 0.15) is 10.4 Å². The largest absolute Gasteiger partial charge is 0.465 e. The van der Waals surface area contributed by atoms with E-state index in [1.54, 1.807) is 0 Å². The highest BCUT2D eigenvalue weighted by Crippen LogP contribution is 2.31. The first kappa shape index (κ1) is 12.3. The van der Waals surface area contributed by atoms with Crippen LogP contribution in [0.25, 0.3) is 10.9 Å². The van der Waals surface area contributed by atoms with Gasteiger partial charge < -0.3 is 4.74 Å². The molecule has 0 unspecified atom stereocenters. The third-order valence-corrected chi connectivity index (χ3v) is 3.24. The van der Waals surface area contributed by atoms with Gasteiger partial charge in [0.1, 0.15) is 16.9 Å². The molecule has 0 saturated heterocycles. The smallest absolute Gasteiger partial charge is 0.343 e. The number of ether oxygens (including phenoxy) is 1. The van der Waals surface area contributed by atoms with Gasteiger partial charge in [0.15, 0.2) is 12.3 Å². The van der Waals surface area contributed by atoms with E-state index in [0.29, 0.717) is 9.86 Å². The molecule has 0 bridgehead atoms. The van der Waals surface area contributed by atoms with Crippen molar-refractivity contribution in [2.24, 2.45) is 0 Å². The number of methoxy groups -OCH3 is 1. The lowest BCUT2D eigenvalue weighted by atomic mass is 10.1. The van der Waals surface area contributed by atoms with E-state index < -0.39 is 11.8 Å². The van der Waals surface area contributed by atoms with E-state index >= 15 is 0 Å². The molecule has 17 heavy (non-hydrogen) atoms. The minimum absolute atomic E-state index is 0.0382. The molecule has 0 saturated carbocycles. The minimum atomic E-state index is -0.879. The van der Waals surface area contributed by atoms with E-state index in [4.69, 9.17) is 0 Å². The molecule has 4 nitrogen and oxygen atoms in total. The summed E-state index contributed by atoms with van der Waals surface area (Å²) in [5.74, 6) is -1.68. The Balaban J connectivity index is 2.88. The van der Waals surface area contributed by atoms with Crippen LogP contribution < -0.4 is 0 Å². The molecule has 0 fully saturated rings. The number of esters is 1. The molecule has 90 valence electrons. The monoisotopic (exact) mass is 322 g/mol. The molecular weight excluding hydrogens is 318 g/mol. The summed E-state index contributed by atoms with van der Waals surface area (Å²) < 4.78 is 32.0. The molecule has 0 spiro atoms. The first-order chi connectivity index (χ1) is 8.10. The van der Waals surface area contributed by atoms with Gasteiger partial charge in [-0.15, -0.1) is 3.89 Å². The Hall–Kier alpha value is -1.15. The van der Waals surface area contributed by atoms with Crippen molar-refractivity contribution in [3.63, 3.8) is 0 Å². The molecule has 0 radical (unpaired) electrons. The van der Waals surface area contributed by atoms with E-state index in [2.05, 4.69) is 25.8 Å². The molecule has 0 aliphatic carbocycles. The number of benzene rings is 1. The molecule has 1 aromatic carbocycles. The fraction of sp³-hybridized carbons (Fsp3) is 0.111. The Morgan fingerprint density at radius 3 is 2.94 bits per heavy atom. The maximum Gasteiger partial charge on any atom is 0.343 e. The molecular formula is C9H5BrF2N2O2S. The zero-order valence-electron chi connectivity index (χ0n) is 8.41. The van der Waals surface area contributed by atoms with Gasteiger partial charge >= 0.3 is 5.97 Å². The van der Waals surface area contributed by atoms with Gasteiger partial charge in [-0.25, -0.2) is 9.18 Å². The van der Waals surface area contributed by atoms with Gasteiger partial charge in [-0.05, 0) is 22.0 Å². The summed E-state index contributed by atoms with van der Waals surface area (Å²) in [6.45, 7) is 0. The molecule has 0 amide bonds. The summed E-state index contributed by atoms with van der Waals surface area (Å²) in [5.41, 5.74) is -0.301. The summed E-state index contributed by atoms with van der Waals surface area (Å²) >= 11 is 2.89. The van der Waals surface area contributed by atoms with E-state index in [-0.39, 0.29) is 23.4 Å². The van der Waals surface area contributed by atoms with Crippen molar-refractivity contribution < 1.29 is 17.8 Å². The van der Waals surface area contributed by atoms with Crippen molar-refractivity contribution in [1.82, 2.24) is 9.19 Å². The van der Waals surface area contributed by atoms with Crippen LogP contribution in [-0.2, 0) is 4.74 Å². The van der Waals surface area contributed by atoms with Gasteiger partial charge in [-0.2, -0.15) is 9.19 Å². The third kappa shape index (κ3) is 1.91. The van der Waals surface area contributed by atoms with Crippen molar-refractivity contribution >= 4 is 45.1 Å². The lowest BCUT2D eigenvalue weighted by molar-refractivity contribution is 0.0597. The average molecular weight is 323 g/mol. The van der Waals surface area contributed by atoms with Gasteiger partial charge in [0.2, 0.25) is 0 Å². The Labute approximate surface area is 107 Å². The van der Waals surface area contributed by atoms with Crippen molar-refractivity contribution in [3.8, 4) is 0 Å². The van der Waals surface area contributed by atoms with Crippen molar-refractivity contribution in [1.29, 1.82) is 0 Å². The van der Waals surface area contributed by atoms with Crippen molar-refractivity contribution in [2.75, 3.05) is 7.11 Å². The van der Waals surface area contributed by atoms with E-state index in [9.17, 15) is 13.1 Å². The fourth-order valence-corrected chi connectivity index (χ4v) is 2.29. The Morgan fingerprint density at radius 1 is 1.65 bits per heavy atom. The average Bonchev–Trinajstić information content (AvgIpc) is 2.72. The number of hydrogen-bond acceptors (Lipinski definition) is 4. The highest BCUT2D eigenvalue weighted by atomic mass is 79.9. The van der Waals surface area contributed by atoms with E-state index in [0.717, 1.165) is 17.3 Å². The number of nitrogens with zero attached hydrogens (tertiary/aromatic N) is 2. The zero-order chi connectivity index (χ0) is 12.6. The van der Waals surface area contributed by atoms with Gasteiger partial charge in [0.05, 0.1) is 13.3 Å². The molecule has 0 atom stereocenters. The molecule has 0 aliphatic heterocycles. The van der Waals surface area contributed by atoms with Crippen LogP contribution >= 0.6 is 28.3 Å². The number of carbonyl (C=O) groups is 1. The predicted molar refractivity (Wildman–Crippen MR) is 62.8 cm³/mol. The number of carbonyl (C=O) groups excluding carboxylic acids is 1. The van der Waals surface area contributed by atoms with Crippen molar-refractivity contribution in [3.05, 3.63) is 28.1 Å². The summed E-state index contributed by atoms with van der Waals surface area (Å²) in [6, 6.07) is 1.11. The molecule has 1 aromatic heterocycles. The molecule has 2 aromatic rings. The number of rotatable bonds is 2. The first-order valence-electron chi connectivity index (χ1n) is 4.33. The maximum absolute atomic E-state index is 13.7. The molecule has 0 N–H and O–H groups in total. The second-order valence-corrected chi connectivity index (χ2v) is 4.39. The normalized spacial score (nSPS) is 10.8. The minimum Gasteiger partial charge on any atom is -0.465 e. The Bertz CT molecular complexity index is 602. The summed E-state index contributed by atoms with van der Waals surface area (Å²) in [7, 11) is 1.12. The van der Waals surface area contributed by atoms with Crippen LogP contribution in [0, 0.1) is 5.82 Å². The van der Waals surface area contributed by atoms with Gasteiger partial charge in [0.25, 0.3) is 0 Å². The summed E-state index contributed by atoms with van der Waals surface area (Å²) in [4.78, 5) is 11.5. The number of halogens is 3. The Morgan fingerprint density at radius 2 is 2.35 bits per heavy atom. The van der Waals surface area contributed by atoms with Gasteiger partial charge in [-0.3, -0.25) is 0 Å².